The van der Waals surface area contributed by atoms with Gasteiger partial charge in [-0.1, -0.05) is 5.10 Å². The minimum atomic E-state index is -0.206. The van der Waals surface area contributed by atoms with E-state index in [1.165, 1.54) is 0 Å². The van der Waals surface area contributed by atoms with Gasteiger partial charge in [0.1, 0.15) is 0 Å². The Kier molecular flexibility index (Phi) is 4.20. The van der Waals surface area contributed by atoms with E-state index in [9.17, 15) is 0 Å². The van der Waals surface area contributed by atoms with Gasteiger partial charge in [-0.05, 0) is 6.92 Å². The molecular formula is C10H16ClN3O3. The SMILES string of the molecule is CC1CN(c2nnc(CCCl)o2)CC(CO)O1. The van der Waals surface area contributed by atoms with Crippen molar-refractivity contribution in [3.63, 3.8) is 0 Å². The van der Waals surface area contributed by atoms with Crippen LogP contribution < -0.4 is 4.90 Å². The number of nitrogens with zero attached hydrogens (tertiary/aromatic N) is 3. The van der Waals surface area contributed by atoms with E-state index in [-0.39, 0.29) is 18.8 Å². The molecule has 1 aliphatic heterocycles. The Morgan fingerprint density at radius 3 is 3.00 bits per heavy atom. The van der Waals surface area contributed by atoms with Gasteiger partial charge >= 0.3 is 6.01 Å². The molecule has 0 spiro atoms. The van der Waals surface area contributed by atoms with Gasteiger partial charge in [-0.3, -0.25) is 0 Å². The molecule has 1 fully saturated rings. The zero-order chi connectivity index (χ0) is 12.3. The third-order valence-corrected chi connectivity index (χ3v) is 2.75. The highest BCUT2D eigenvalue weighted by atomic mass is 35.5. The fourth-order valence-corrected chi connectivity index (χ4v) is 2.02. The van der Waals surface area contributed by atoms with Gasteiger partial charge in [-0.25, -0.2) is 0 Å². The minimum Gasteiger partial charge on any atom is -0.408 e. The average molecular weight is 262 g/mol. The summed E-state index contributed by atoms with van der Waals surface area (Å²) in [5.41, 5.74) is 0. The fraction of sp³-hybridized carbons (Fsp3) is 0.800. The van der Waals surface area contributed by atoms with Gasteiger partial charge in [-0.2, -0.15) is 0 Å². The van der Waals surface area contributed by atoms with Crippen LogP contribution in [-0.4, -0.2) is 53.1 Å². The molecule has 0 amide bonds. The number of morpholine rings is 1. The van der Waals surface area contributed by atoms with Crippen molar-refractivity contribution in [1.29, 1.82) is 0 Å². The van der Waals surface area contributed by atoms with E-state index in [0.717, 1.165) is 0 Å². The van der Waals surface area contributed by atoms with E-state index in [4.69, 9.17) is 25.9 Å². The van der Waals surface area contributed by atoms with Gasteiger partial charge in [-0.15, -0.1) is 16.7 Å². The molecule has 2 heterocycles. The van der Waals surface area contributed by atoms with E-state index in [1.807, 2.05) is 11.8 Å². The number of aliphatic hydroxyl groups is 1. The molecule has 17 heavy (non-hydrogen) atoms. The Balaban J connectivity index is 2.04. The third kappa shape index (κ3) is 3.08. The van der Waals surface area contributed by atoms with Crippen LogP contribution in [0.15, 0.2) is 4.42 Å². The number of aliphatic hydroxyl groups excluding tert-OH is 1. The lowest BCUT2D eigenvalue weighted by Crippen LogP contribution is -2.48. The number of aromatic nitrogens is 2. The third-order valence-electron chi connectivity index (χ3n) is 2.56. The van der Waals surface area contributed by atoms with Crippen LogP contribution in [0, 0.1) is 0 Å². The summed E-state index contributed by atoms with van der Waals surface area (Å²) in [5, 5.41) is 17.0. The highest BCUT2D eigenvalue weighted by Crippen LogP contribution is 2.19. The second-order valence-corrected chi connectivity index (χ2v) is 4.45. The standard InChI is InChI=1S/C10H16ClN3O3/c1-7-4-14(5-8(6-15)16-7)10-13-12-9(17-10)2-3-11/h7-8,15H,2-6H2,1H3. The second kappa shape index (κ2) is 5.66. The Morgan fingerprint density at radius 1 is 1.47 bits per heavy atom. The second-order valence-electron chi connectivity index (χ2n) is 4.07. The number of hydrogen-bond acceptors (Lipinski definition) is 6. The van der Waals surface area contributed by atoms with E-state index in [0.29, 0.717) is 37.3 Å². The van der Waals surface area contributed by atoms with Gasteiger partial charge in [0, 0.05) is 18.8 Å². The summed E-state index contributed by atoms with van der Waals surface area (Å²) < 4.78 is 11.0. The normalized spacial score (nSPS) is 25.2. The monoisotopic (exact) mass is 261 g/mol. The van der Waals surface area contributed by atoms with E-state index in [1.54, 1.807) is 0 Å². The predicted octanol–water partition coefficient (Wildman–Crippen LogP) is 0.437. The van der Waals surface area contributed by atoms with Gasteiger partial charge in [0.15, 0.2) is 0 Å². The Morgan fingerprint density at radius 2 is 2.29 bits per heavy atom. The number of ether oxygens (including phenoxy) is 1. The topological polar surface area (TPSA) is 71.6 Å². The summed E-state index contributed by atoms with van der Waals surface area (Å²) in [5.74, 6) is 0.995. The molecule has 0 radical (unpaired) electrons. The molecule has 1 aliphatic rings. The zero-order valence-corrected chi connectivity index (χ0v) is 10.4. The number of halogens is 1. The van der Waals surface area contributed by atoms with E-state index >= 15 is 0 Å². The molecule has 2 rings (SSSR count). The van der Waals surface area contributed by atoms with Crippen molar-refractivity contribution in [1.82, 2.24) is 10.2 Å². The number of rotatable bonds is 4. The number of alkyl halides is 1. The van der Waals surface area contributed by atoms with Gasteiger partial charge in [0.2, 0.25) is 5.89 Å². The molecule has 1 aromatic heterocycles. The minimum absolute atomic E-state index is 0.0104. The first-order chi connectivity index (χ1) is 8.22. The lowest BCUT2D eigenvalue weighted by Gasteiger charge is -2.34. The molecule has 1 saturated heterocycles. The smallest absolute Gasteiger partial charge is 0.318 e. The molecule has 6 nitrogen and oxygen atoms in total. The lowest BCUT2D eigenvalue weighted by atomic mass is 10.2. The highest BCUT2D eigenvalue weighted by molar-refractivity contribution is 6.17. The summed E-state index contributed by atoms with van der Waals surface area (Å²) in [6.07, 6.45) is 0.393. The first-order valence-corrected chi connectivity index (χ1v) is 6.16. The van der Waals surface area contributed by atoms with Crippen LogP contribution in [0.5, 0.6) is 0 Å². The summed E-state index contributed by atoms with van der Waals surface area (Å²) in [6.45, 7) is 3.18. The van der Waals surface area contributed by atoms with Crippen molar-refractivity contribution < 1.29 is 14.3 Å². The maximum Gasteiger partial charge on any atom is 0.318 e. The van der Waals surface area contributed by atoms with Gasteiger partial charge < -0.3 is 19.2 Å². The molecule has 0 aromatic carbocycles. The Labute approximate surface area is 105 Å². The molecule has 1 aromatic rings. The molecule has 0 bridgehead atoms. The van der Waals surface area contributed by atoms with Crippen LogP contribution >= 0.6 is 11.6 Å². The molecule has 0 aliphatic carbocycles. The van der Waals surface area contributed by atoms with Crippen molar-refractivity contribution in [2.45, 2.75) is 25.6 Å². The van der Waals surface area contributed by atoms with Crippen molar-refractivity contribution in [2.24, 2.45) is 0 Å². The molecule has 2 unspecified atom stereocenters. The Bertz CT molecular complexity index is 360. The van der Waals surface area contributed by atoms with Crippen LogP contribution in [0.25, 0.3) is 0 Å². The molecule has 1 N–H and O–H groups in total. The van der Waals surface area contributed by atoms with E-state index in [2.05, 4.69) is 10.2 Å². The van der Waals surface area contributed by atoms with Crippen molar-refractivity contribution in [3.8, 4) is 0 Å². The van der Waals surface area contributed by atoms with Gasteiger partial charge in [0.25, 0.3) is 0 Å². The molecule has 7 heteroatoms. The molecule has 0 saturated carbocycles. The summed E-state index contributed by atoms with van der Waals surface area (Å²) in [7, 11) is 0. The van der Waals surface area contributed by atoms with Crippen molar-refractivity contribution in [3.05, 3.63) is 5.89 Å². The number of anilines is 1. The lowest BCUT2D eigenvalue weighted by molar-refractivity contribution is -0.0432. The summed E-state index contributed by atoms with van der Waals surface area (Å²) in [4.78, 5) is 1.93. The van der Waals surface area contributed by atoms with Crippen LogP contribution in [-0.2, 0) is 11.2 Å². The zero-order valence-electron chi connectivity index (χ0n) is 9.67. The van der Waals surface area contributed by atoms with Crippen LogP contribution in [0.1, 0.15) is 12.8 Å². The average Bonchev–Trinajstić information content (AvgIpc) is 2.77. The van der Waals surface area contributed by atoms with Crippen LogP contribution in [0.3, 0.4) is 0 Å². The number of hydrogen-bond donors (Lipinski definition) is 1. The largest absolute Gasteiger partial charge is 0.408 e. The maximum atomic E-state index is 9.13. The number of aryl methyl sites for hydroxylation is 1. The van der Waals surface area contributed by atoms with E-state index < -0.39 is 0 Å². The first kappa shape index (κ1) is 12.6. The molecule has 2 atom stereocenters. The van der Waals surface area contributed by atoms with Crippen LogP contribution in [0.4, 0.5) is 6.01 Å². The summed E-state index contributed by atoms with van der Waals surface area (Å²) >= 11 is 5.61. The maximum absolute atomic E-state index is 9.13. The van der Waals surface area contributed by atoms with Crippen LogP contribution in [0.2, 0.25) is 0 Å². The highest BCUT2D eigenvalue weighted by Gasteiger charge is 2.27. The molecule has 96 valence electrons. The van der Waals surface area contributed by atoms with Gasteiger partial charge in [0.05, 0.1) is 25.4 Å². The summed E-state index contributed by atoms with van der Waals surface area (Å²) in [6, 6.07) is 0.471. The quantitative estimate of drug-likeness (QED) is 0.793. The molecular weight excluding hydrogens is 246 g/mol. The predicted molar refractivity (Wildman–Crippen MR) is 62.4 cm³/mol. The fourth-order valence-electron chi connectivity index (χ4n) is 1.86. The first-order valence-electron chi connectivity index (χ1n) is 5.62. The Hall–Kier alpha value is -0.850. The van der Waals surface area contributed by atoms with Crippen molar-refractivity contribution >= 4 is 17.6 Å². The van der Waals surface area contributed by atoms with Crippen molar-refractivity contribution in [2.75, 3.05) is 30.5 Å².